The van der Waals surface area contributed by atoms with E-state index >= 15 is 0 Å². The average molecular weight is 318 g/mol. The number of hydrogen-bond acceptors (Lipinski definition) is 2. The van der Waals surface area contributed by atoms with Gasteiger partial charge in [0, 0.05) is 40.7 Å². The highest BCUT2D eigenvalue weighted by Gasteiger charge is 2.19. The summed E-state index contributed by atoms with van der Waals surface area (Å²) in [6, 6.07) is 5.34. The molecule has 0 saturated carbocycles. The molecule has 1 aliphatic rings. The van der Waals surface area contributed by atoms with E-state index in [9.17, 15) is 4.39 Å². The molecule has 0 amide bonds. The molecule has 0 N–H and O–H groups in total. The zero-order chi connectivity index (χ0) is 12.3. The Balaban J connectivity index is 2.00. The van der Waals surface area contributed by atoms with Gasteiger partial charge in [-0.15, -0.1) is 0 Å². The van der Waals surface area contributed by atoms with Crippen molar-refractivity contribution in [3.8, 4) is 0 Å². The quantitative estimate of drug-likeness (QED) is 0.831. The van der Waals surface area contributed by atoms with E-state index in [1.54, 1.807) is 6.07 Å². The van der Waals surface area contributed by atoms with Crippen LogP contribution in [0.15, 0.2) is 22.7 Å². The first-order valence-electron chi connectivity index (χ1n) is 5.97. The first-order chi connectivity index (χ1) is 8.19. The van der Waals surface area contributed by atoms with E-state index in [1.165, 1.54) is 6.42 Å². The van der Waals surface area contributed by atoms with Gasteiger partial charge in [-0.3, -0.25) is 4.90 Å². The molecule has 0 radical (unpaired) electrons. The predicted molar refractivity (Wildman–Crippen MR) is 75.9 cm³/mol. The maximum absolute atomic E-state index is 13.7. The van der Waals surface area contributed by atoms with Crippen LogP contribution in [0.25, 0.3) is 0 Å². The van der Waals surface area contributed by atoms with Crippen LogP contribution in [0, 0.1) is 5.82 Å². The second kappa shape index (κ2) is 6.21. The summed E-state index contributed by atoms with van der Waals surface area (Å²) in [5, 5.41) is 0.710. The van der Waals surface area contributed by atoms with E-state index < -0.39 is 0 Å². The lowest BCUT2D eigenvalue weighted by Gasteiger charge is -2.31. The van der Waals surface area contributed by atoms with E-state index in [4.69, 9.17) is 0 Å². The van der Waals surface area contributed by atoms with Crippen molar-refractivity contribution in [3.05, 3.63) is 34.1 Å². The van der Waals surface area contributed by atoms with Crippen molar-refractivity contribution in [2.45, 2.75) is 25.1 Å². The van der Waals surface area contributed by atoms with Crippen LogP contribution in [-0.4, -0.2) is 29.0 Å². The molecule has 1 heterocycles. The van der Waals surface area contributed by atoms with Crippen molar-refractivity contribution in [1.29, 1.82) is 0 Å². The molecule has 0 aliphatic carbocycles. The van der Waals surface area contributed by atoms with Gasteiger partial charge in [-0.2, -0.15) is 11.8 Å². The summed E-state index contributed by atoms with van der Waals surface area (Å²) < 4.78 is 14.5. The molecule has 2 rings (SSSR count). The normalized spacial score (nSPS) is 21.7. The summed E-state index contributed by atoms with van der Waals surface area (Å²) in [6.07, 6.45) is 1.20. The first-order valence-corrected chi connectivity index (χ1v) is 7.81. The molecule has 1 atom stereocenters. The maximum atomic E-state index is 13.7. The lowest BCUT2D eigenvalue weighted by atomic mass is 10.2. The fourth-order valence-corrected chi connectivity index (χ4v) is 3.64. The fourth-order valence-electron chi connectivity index (χ4n) is 2.06. The van der Waals surface area contributed by atoms with Gasteiger partial charge in [0.1, 0.15) is 5.82 Å². The minimum atomic E-state index is -0.106. The smallest absolute Gasteiger partial charge is 0.128 e. The Bertz CT molecular complexity index is 386. The average Bonchev–Trinajstić information content (AvgIpc) is 2.33. The van der Waals surface area contributed by atoms with E-state index in [2.05, 4.69) is 27.8 Å². The molecule has 17 heavy (non-hydrogen) atoms. The number of nitrogens with zero attached hydrogens (tertiary/aromatic N) is 1. The van der Waals surface area contributed by atoms with Gasteiger partial charge in [-0.1, -0.05) is 28.9 Å². The molecule has 1 nitrogen and oxygen atoms in total. The van der Waals surface area contributed by atoms with Gasteiger partial charge in [0.05, 0.1) is 0 Å². The number of thioether (sulfide) groups is 1. The summed E-state index contributed by atoms with van der Waals surface area (Å²) in [7, 11) is 0. The highest BCUT2D eigenvalue weighted by Crippen LogP contribution is 2.23. The summed E-state index contributed by atoms with van der Waals surface area (Å²) in [5.74, 6) is 1.06. The molecule has 1 aromatic rings. The minimum absolute atomic E-state index is 0.106. The van der Waals surface area contributed by atoms with Gasteiger partial charge in [0.2, 0.25) is 0 Å². The van der Waals surface area contributed by atoms with Gasteiger partial charge >= 0.3 is 0 Å². The van der Waals surface area contributed by atoms with Crippen LogP contribution in [0.3, 0.4) is 0 Å². The van der Waals surface area contributed by atoms with Crippen LogP contribution in [0.1, 0.15) is 18.9 Å². The highest BCUT2D eigenvalue weighted by molar-refractivity contribution is 9.10. The van der Waals surface area contributed by atoms with E-state index in [0.29, 0.717) is 5.25 Å². The molecule has 1 unspecified atom stereocenters. The Morgan fingerprint density at radius 1 is 1.53 bits per heavy atom. The van der Waals surface area contributed by atoms with Crippen molar-refractivity contribution in [2.75, 3.05) is 18.8 Å². The van der Waals surface area contributed by atoms with Gasteiger partial charge < -0.3 is 0 Å². The monoisotopic (exact) mass is 317 g/mol. The molecule has 0 bridgehead atoms. The van der Waals surface area contributed by atoms with Crippen molar-refractivity contribution >= 4 is 27.7 Å². The zero-order valence-electron chi connectivity index (χ0n) is 9.96. The summed E-state index contributed by atoms with van der Waals surface area (Å²) in [6.45, 7) is 5.10. The molecule has 1 saturated heterocycles. The second-order valence-electron chi connectivity index (χ2n) is 4.37. The second-order valence-corrected chi connectivity index (χ2v) is 6.70. The van der Waals surface area contributed by atoms with Crippen molar-refractivity contribution < 1.29 is 4.39 Å². The number of rotatable bonds is 3. The van der Waals surface area contributed by atoms with E-state index in [1.807, 2.05) is 23.9 Å². The van der Waals surface area contributed by atoms with Gasteiger partial charge in [0.15, 0.2) is 0 Å². The highest BCUT2D eigenvalue weighted by atomic mass is 79.9. The van der Waals surface area contributed by atoms with E-state index in [0.717, 1.165) is 35.4 Å². The van der Waals surface area contributed by atoms with Crippen LogP contribution in [0.4, 0.5) is 4.39 Å². The fraction of sp³-hybridized carbons (Fsp3) is 0.538. The van der Waals surface area contributed by atoms with Crippen LogP contribution >= 0.6 is 27.7 Å². The lowest BCUT2D eigenvalue weighted by Crippen LogP contribution is -2.37. The summed E-state index contributed by atoms with van der Waals surface area (Å²) in [4.78, 5) is 2.36. The topological polar surface area (TPSA) is 3.24 Å². The van der Waals surface area contributed by atoms with Crippen molar-refractivity contribution in [2.24, 2.45) is 0 Å². The van der Waals surface area contributed by atoms with Crippen molar-refractivity contribution in [1.82, 2.24) is 4.90 Å². The molecular formula is C13H17BrFNS. The van der Waals surface area contributed by atoms with Crippen LogP contribution in [0.2, 0.25) is 0 Å². The zero-order valence-corrected chi connectivity index (χ0v) is 12.4. The molecule has 4 heteroatoms. The lowest BCUT2D eigenvalue weighted by molar-refractivity contribution is 0.269. The number of halogens is 2. The van der Waals surface area contributed by atoms with Crippen LogP contribution < -0.4 is 0 Å². The Morgan fingerprint density at radius 3 is 3.06 bits per heavy atom. The minimum Gasteiger partial charge on any atom is -0.297 e. The van der Waals surface area contributed by atoms with Crippen LogP contribution in [0.5, 0.6) is 0 Å². The van der Waals surface area contributed by atoms with Gasteiger partial charge in [0.25, 0.3) is 0 Å². The Morgan fingerprint density at radius 2 is 2.35 bits per heavy atom. The maximum Gasteiger partial charge on any atom is 0.128 e. The third kappa shape index (κ3) is 3.70. The summed E-state index contributed by atoms with van der Waals surface area (Å²) >= 11 is 5.33. The first kappa shape index (κ1) is 13.4. The molecule has 0 aromatic heterocycles. The van der Waals surface area contributed by atoms with Crippen molar-refractivity contribution in [3.63, 3.8) is 0 Å². The Kier molecular flexibility index (Phi) is 4.88. The van der Waals surface area contributed by atoms with E-state index in [-0.39, 0.29) is 5.82 Å². The molecule has 1 aliphatic heterocycles. The number of benzene rings is 1. The van der Waals surface area contributed by atoms with Gasteiger partial charge in [-0.25, -0.2) is 4.39 Å². The standard InChI is InChI=1S/C13H17BrFNS/c1-2-12-9-16(5-6-17-12)8-10-3-4-11(14)7-13(10)15/h3-4,7,12H,2,5-6,8-9H2,1H3. The van der Waals surface area contributed by atoms with Gasteiger partial charge in [-0.05, 0) is 18.6 Å². The molecule has 0 spiro atoms. The summed E-state index contributed by atoms with van der Waals surface area (Å²) in [5.41, 5.74) is 0.801. The third-order valence-electron chi connectivity index (χ3n) is 3.09. The molecule has 94 valence electrons. The SMILES string of the molecule is CCC1CN(Cc2ccc(Br)cc2F)CCS1. The molecule has 1 aromatic carbocycles. The number of hydrogen-bond donors (Lipinski definition) is 0. The Labute approximate surface area is 115 Å². The molecule has 1 fully saturated rings. The molecular weight excluding hydrogens is 301 g/mol. The largest absolute Gasteiger partial charge is 0.297 e. The van der Waals surface area contributed by atoms with Crippen LogP contribution in [-0.2, 0) is 6.54 Å². The predicted octanol–water partition coefficient (Wildman–Crippen LogP) is 3.92. The Hall–Kier alpha value is -0.0600. The third-order valence-corrected chi connectivity index (χ3v) is 4.95.